The standard InChI is InChI=1S/C12H14N4S/c1-2-3-9-13-16-11(14-15-12(16)17)10-7-5-4-6-8-10/h4-9H,2-3H2,1H3,(H,15,17). The van der Waals surface area contributed by atoms with Crippen LogP contribution < -0.4 is 0 Å². The molecule has 0 unspecified atom stereocenters. The van der Waals surface area contributed by atoms with Gasteiger partial charge in [-0.2, -0.15) is 14.9 Å². The number of aromatic amines is 1. The van der Waals surface area contributed by atoms with Crippen LogP contribution in [-0.4, -0.2) is 21.1 Å². The molecule has 0 aliphatic heterocycles. The van der Waals surface area contributed by atoms with Crippen LogP contribution in [0.25, 0.3) is 11.4 Å². The summed E-state index contributed by atoms with van der Waals surface area (Å²) in [6.07, 6.45) is 3.86. The minimum atomic E-state index is 0.510. The van der Waals surface area contributed by atoms with Crippen molar-refractivity contribution in [2.24, 2.45) is 5.10 Å². The van der Waals surface area contributed by atoms with Crippen molar-refractivity contribution in [1.29, 1.82) is 0 Å². The zero-order valence-electron chi connectivity index (χ0n) is 9.63. The third-order valence-corrected chi connectivity index (χ3v) is 2.56. The van der Waals surface area contributed by atoms with Crippen LogP contribution in [0, 0.1) is 4.77 Å². The molecule has 0 aliphatic rings. The zero-order chi connectivity index (χ0) is 12.1. The molecule has 0 atom stereocenters. The number of aromatic nitrogens is 3. The second-order valence-electron chi connectivity index (χ2n) is 3.62. The average Bonchev–Trinajstić information content (AvgIpc) is 2.73. The molecule has 0 bridgehead atoms. The van der Waals surface area contributed by atoms with Crippen LogP contribution in [0.4, 0.5) is 0 Å². The molecule has 4 nitrogen and oxygen atoms in total. The van der Waals surface area contributed by atoms with E-state index in [4.69, 9.17) is 12.2 Å². The fraction of sp³-hybridized carbons (Fsp3) is 0.250. The number of rotatable bonds is 4. The lowest BCUT2D eigenvalue weighted by molar-refractivity contribution is 0.858. The molecule has 1 aromatic carbocycles. The summed E-state index contributed by atoms with van der Waals surface area (Å²) in [5, 5.41) is 11.3. The molecule has 0 saturated carbocycles. The van der Waals surface area contributed by atoms with E-state index in [1.54, 1.807) is 4.68 Å². The van der Waals surface area contributed by atoms with Gasteiger partial charge in [-0.25, -0.2) is 5.10 Å². The number of H-pyrrole nitrogens is 1. The minimum absolute atomic E-state index is 0.510. The molecule has 1 heterocycles. The highest BCUT2D eigenvalue weighted by Crippen LogP contribution is 2.16. The van der Waals surface area contributed by atoms with Crippen molar-refractivity contribution in [2.75, 3.05) is 0 Å². The van der Waals surface area contributed by atoms with E-state index in [1.165, 1.54) is 0 Å². The lowest BCUT2D eigenvalue weighted by Gasteiger charge is -1.99. The van der Waals surface area contributed by atoms with Crippen LogP contribution in [0.5, 0.6) is 0 Å². The molecule has 88 valence electrons. The predicted octanol–water partition coefficient (Wildman–Crippen LogP) is 3.24. The van der Waals surface area contributed by atoms with E-state index in [2.05, 4.69) is 22.2 Å². The molecule has 0 aliphatic carbocycles. The molecule has 1 N–H and O–H groups in total. The highest BCUT2D eigenvalue weighted by molar-refractivity contribution is 7.71. The summed E-state index contributed by atoms with van der Waals surface area (Å²) in [4.78, 5) is 0. The molecular weight excluding hydrogens is 232 g/mol. The van der Waals surface area contributed by atoms with E-state index in [0.29, 0.717) is 4.77 Å². The molecule has 2 aromatic rings. The van der Waals surface area contributed by atoms with Crippen LogP contribution in [0.3, 0.4) is 0 Å². The Morgan fingerprint density at radius 2 is 2.18 bits per heavy atom. The van der Waals surface area contributed by atoms with Crippen LogP contribution in [0.2, 0.25) is 0 Å². The Morgan fingerprint density at radius 3 is 2.88 bits per heavy atom. The second kappa shape index (κ2) is 5.54. The highest BCUT2D eigenvalue weighted by Gasteiger charge is 2.06. The van der Waals surface area contributed by atoms with Gasteiger partial charge in [0, 0.05) is 11.8 Å². The first-order chi connectivity index (χ1) is 8.33. The van der Waals surface area contributed by atoms with Gasteiger partial charge in [0.15, 0.2) is 5.82 Å². The first-order valence-corrected chi connectivity index (χ1v) is 5.99. The molecule has 0 fully saturated rings. The number of nitrogens with one attached hydrogen (secondary N) is 1. The van der Waals surface area contributed by atoms with Gasteiger partial charge >= 0.3 is 0 Å². The van der Waals surface area contributed by atoms with Crippen molar-refractivity contribution < 1.29 is 0 Å². The van der Waals surface area contributed by atoms with E-state index >= 15 is 0 Å². The summed E-state index contributed by atoms with van der Waals surface area (Å²) in [6.45, 7) is 2.11. The van der Waals surface area contributed by atoms with E-state index in [0.717, 1.165) is 24.2 Å². The van der Waals surface area contributed by atoms with Crippen molar-refractivity contribution in [1.82, 2.24) is 14.9 Å². The third kappa shape index (κ3) is 2.68. The average molecular weight is 246 g/mol. The summed E-state index contributed by atoms with van der Waals surface area (Å²) in [5.41, 5.74) is 0.994. The topological polar surface area (TPSA) is 46.0 Å². The van der Waals surface area contributed by atoms with E-state index in [1.807, 2.05) is 36.5 Å². The van der Waals surface area contributed by atoms with Gasteiger partial charge in [0.25, 0.3) is 0 Å². The lowest BCUT2D eigenvalue weighted by Crippen LogP contribution is -1.93. The number of unbranched alkanes of at least 4 members (excludes halogenated alkanes) is 1. The normalized spacial score (nSPS) is 11.1. The Bertz CT molecular complexity index is 553. The van der Waals surface area contributed by atoms with Gasteiger partial charge < -0.3 is 0 Å². The Labute approximate surface area is 105 Å². The third-order valence-electron chi connectivity index (χ3n) is 2.30. The summed E-state index contributed by atoms with van der Waals surface area (Å²) in [7, 11) is 0. The van der Waals surface area contributed by atoms with E-state index in [9.17, 15) is 0 Å². The van der Waals surface area contributed by atoms with E-state index in [-0.39, 0.29) is 0 Å². The smallest absolute Gasteiger partial charge is 0.216 e. The molecule has 0 amide bonds. The number of hydrogen-bond acceptors (Lipinski definition) is 3. The molecular formula is C12H14N4S. The first kappa shape index (κ1) is 11.7. The Kier molecular flexibility index (Phi) is 3.82. The molecule has 0 saturated heterocycles. The minimum Gasteiger partial charge on any atom is -0.250 e. The first-order valence-electron chi connectivity index (χ1n) is 5.58. The summed E-state index contributed by atoms with van der Waals surface area (Å²) >= 11 is 5.15. The van der Waals surface area contributed by atoms with Gasteiger partial charge in [0.2, 0.25) is 4.77 Å². The van der Waals surface area contributed by atoms with Crippen molar-refractivity contribution in [2.45, 2.75) is 19.8 Å². The van der Waals surface area contributed by atoms with Crippen LogP contribution in [-0.2, 0) is 0 Å². The van der Waals surface area contributed by atoms with Gasteiger partial charge in [0.05, 0.1) is 0 Å². The Balaban J connectivity index is 2.39. The van der Waals surface area contributed by atoms with Gasteiger partial charge in [-0.05, 0) is 18.6 Å². The van der Waals surface area contributed by atoms with Gasteiger partial charge in [-0.15, -0.1) is 0 Å². The Morgan fingerprint density at radius 1 is 1.41 bits per heavy atom. The quantitative estimate of drug-likeness (QED) is 0.665. The molecule has 0 spiro atoms. The SMILES string of the molecule is CCCC=Nn1c(-c2ccccc2)n[nH]c1=S. The summed E-state index contributed by atoms with van der Waals surface area (Å²) in [6, 6.07) is 9.86. The fourth-order valence-electron chi connectivity index (χ4n) is 1.44. The van der Waals surface area contributed by atoms with Crippen molar-refractivity contribution in [3.8, 4) is 11.4 Å². The maximum Gasteiger partial charge on any atom is 0.216 e. The summed E-state index contributed by atoms with van der Waals surface area (Å²) < 4.78 is 2.16. The number of hydrogen-bond donors (Lipinski definition) is 1. The highest BCUT2D eigenvalue weighted by atomic mass is 32.1. The maximum atomic E-state index is 5.15. The van der Waals surface area contributed by atoms with Gasteiger partial charge in [-0.1, -0.05) is 43.7 Å². The monoisotopic (exact) mass is 246 g/mol. The molecule has 17 heavy (non-hydrogen) atoms. The van der Waals surface area contributed by atoms with Crippen LogP contribution in [0.1, 0.15) is 19.8 Å². The molecule has 1 aromatic heterocycles. The molecule has 0 radical (unpaired) electrons. The van der Waals surface area contributed by atoms with Crippen molar-refractivity contribution >= 4 is 18.4 Å². The van der Waals surface area contributed by atoms with E-state index < -0.39 is 0 Å². The van der Waals surface area contributed by atoms with Crippen molar-refractivity contribution in [3.05, 3.63) is 35.1 Å². The van der Waals surface area contributed by atoms with Gasteiger partial charge in [0.1, 0.15) is 0 Å². The lowest BCUT2D eigenvalue weighted by atomic mass is 10.2. The Hall–Kier alpha value is -1.75. The molecule has 5 heteroatoms. The zero-order valence-corrected chi connectivity index (χ0v) is 10.4. The second-order valence-corrected chi connectivity index (χ2v) is 4.00. The van der Waals surface area contributed by atoms with Crippen LogP contribution >= 0.6 is 12.2 Å². The van der Waals surface area contributed by atoms with Crippen molar-refractivity contribution in [3.63, 3.8) is 0 Å². The summed E-state index contributed by atoms with van der Waals surface area (Å²) in [5.74, 6) is 0.739. The van der Waals surface area contributed by atoms with Gasteiger partial charge in [-0.3, -0.25) is 0 Å². The van der Waals surface area contributed by atoms with Crippen LogP contribution in [0.15, 0.2) is 35.4 Å². The fourth-order valence-corrected chi connectivity index (χ4v) is 1.62. The number of benzene rings is 1. The number of nitrogens with zero attached hydrogens (tertiary/aromatic N) is 3. The molecule has 2 rings (SSSR count). The largest absolute Gasteiger partial charge is 0.250 e. The predicted molar refractivity (Wildman–Crippen MR) is 71.6 cm³/mol. The maximum absolute atomic E-state index is 5.15.